The number of imide groups is 1. The normalized spacial score (nSPS) is 18.9. The lowest BCUT2D eigenvalue weighted by Crippen LogP contribution is -2.52. The summed E-state index contributed by atoms with van der Waals surface area (Å²) in [7, 11) is 1.19. The summed E-state index contributed by atoms with van der Waals surface area (Å²) in [4.78, 5) is 37.3. The molecular weight excluding hydrogens is 240 g/mol. The maximum absolute atomic E-state index is 11.8. The number of rotatable bonds is 3. The SMILES string of the molecule is CCN1CC(=O)N(C(=O)OCC(=O)OC)C1(C)C. The number of hydrogen-bond donors (Lipinski definition) is 0. The number of carbonyl (C=O) groups is 3. The fourth-order valence-corrected chi connectivity index (χ4v) is 1.94. The Bertz CT molecular complexity index is 366. The third kappa shape index (κ3) is 2.61. The fraction of sp³-hybridized carbons (Fsp3) is 0.727. The zero-order chi connectivity index (χ0) is 13.9. The molecule has 0 radical (unpaired) electrons. The van der Waals surface area contributed by atoms with Gasteiger partial charge in [0, 0.05) is 0 Å². The zero-order valence-corrected chi connectivity index (χ0v) is 11.1. The quantitative estimate of drug-likeness (QED) is 0.673. The Labute approximate surface area is 106 Å². The molecule has 0 N–H and O–H groups in total. The van der Waals surface area contributed by atoms with E-state index in [9.17, 15) is 14.4 Å². The molecule has 2 amide bonds. The maximum Gasteiger partial charge on any atom is 0.418 e. The van der Waals surface area contributed by atoms with E-state index in [1.165, 1.54) is 7.11 Å². The van der Waals surface area contributed by atoms with E-state index < -0.39 is 24.3 Å². The minimum absolute atomic E-state index is 0.164. The van der Waals surface area contributed by atoms with Gasteiger partial charge in [0.1, 0.15) is 5.66 Å². The van der Waals surface area contributed by atoms with E-state index in [0.717, 1.165) is 4.90 Å². The van der Waals surface area contributed by atoms with Gasteiger partial charge in [0.2, 0.25) is 5.91 Å². The number of carbonyl (C=O) groups excluding carboxylic acids is 3. The molecule has 0 aromatic heterocycles. The lowest BCUT2D eigenvalue weighted by Gasteiger charge is -2.34. The van der Waals surface area contributed by atoms with Gasteiger partial charge in [-0.1, -0.05) is 6.92 Å². The average molecular weight is 258 g/mol. The van der Waals surface area contributed by atoms with E-state index in [-0.39, 0.29) is 12.5 Å². The first-order chi connectivity index (χ1) is 8.34. The van der Waals surface area contributed by atoms with Crippen LogP contribution in [0.25, 0.3) is 0 Å². The Morgan fingerprint density at radius 2 is 2.00 bits per heavy atom. The van der Waals surface area contributed by atoms with Crippen LogP contribution in [0.5, 0.6) is 0 Å². The first-order valence-corrected chi connectivity index (χ1v) is 5.66. The zero-order valence-electron chi connectivity index (χ0n) is 11.1. The number of nitrogens with zero attached hydrogens (tertiary/aromatic N) is 2. The van der Waals surface area contributed by atoms with Crippen molar-refractivity contribution in [3.05, 3.63) is 0 Å². The van der Waals surface area contributed by atoms with Crippen molar-refractivity contribution < 1.29 is 23.9 Å². The highest BCUT2D eigenvalue weighted by Crippen LogP contribution is 2.27. The molecule has 0 aliphatic carbocycles. The second-order valence-electron chi connectivity index (χ2n) is 4.37. The predicted molar refractivity (Wildman–Crippen MR) is 61.5 cm³/mol. The van der Waals surface area contributed by atoms with Gasteiger partial charge >= 0.3 is 12.1 Å². The summed E-state index contributed by atoms with van der Waals surface area (Å²) >= 11 is 0. The standard InChI is InChI=1S/C11H18N2O5/c1-5-12-6-8(14)13(11(12,2)3)10(16)18-7-9(15)17-4/h5-7H2,1-4H3. The Balaban J connectivity index is 2.73. The molecule has 7 heteroatoms. The van der Waals surface area contributed by atoms with Gasteiger partial charge in [0.15, 0.2) is 6.61 Å². The molecule has 0 saturated carbocycles. The largest absolute Gasteiger partial charge is 0.466 e. The molecule has 7 nitrogen and oxygen atoms in total. The van der Waals surface area contributed by atoms with Crippen molar-refractivity contribution >= 4 is 18.0 Å². The molecule has 1 heterocycles. The molecule has 102 valence electrons. The Kier molecular flexibility index (Phi) is 4.28. The van der Waals surface area contributed by atoms with Crippen molar-refractivity contribution in [1.82, 2.24) is 9.80 Å². The van der Waals surface area contributed by atoms with Crippen LogP contribution in [0.3, 0.4) is 0 Å². The van der Waals surface area contributed by atoms with Crippen LogP contribution in [-0.2, 0) is 19.1 Å². The first kappa shape index (κ1) is 14.4. The molecular formula is C11H18N2O5. The van der Waals surface area contributed by atoms with Gasteiger partial charge in [0.05, 0.1) is 13.7 Å². The van der Waals surface area contributed by atoms with Crippen LogP contribution in [0.4, 0.5) is 4.79 Å². The minimum atomic E-state index is -0.827. The summed E-state index contributed by atoms with van der Waals surface area (Å²) in [6.07, 6.45) is -0.827. The Morgan fingerprint density at radius 1 is 1.39 bits per heavy atom. The lowest BCUT2D eigenvalue weighted by molar-refractivity contribution is -0.145. The molecule has 0 unspecified atom stereocenters. The van der Waals surface area contributed by atoms with Crippen LogP contribution in [0.1, 0.15) is 20.8 Å². The van der Waals surface area contributed by atoms with Crippen LogP contribution in [0.15, 0.2) is 0 Å². The van der Waals surface area contributed by atoms with Crippen LogP contribution in [0.2, 0.25) is 0 Å². The molecule has 0 aromatic carbocycles. The van der Waals surface area contributed by atoms with Crippen molar-refractivity contribution in [3.8, 4) is 0 Å². The van der Waals surface area contributed by atoms with Gasteiger partial charge in [-0.05, 0) is 20.4 Å². The number of ether oxygens (including phenoxy) is 2. The Morgan fingerprint density at radius 3 is 2.44 bits per heavy atom. The third-order valence-electron chi connectivity index (χ3n) is 3.00. The number of methoxy groups -OCH3 is 1. The third-order valence-corrected chi connectivity index (χ3v) is 3.00. The maximum atomic E-state index is 11.8. The summed E-state index contributed by atoms with van der Waals surface area (Å²) in [5.41, 5.74) is -0.751. The van der Waals surface area contributed by atoms with Crippen molar-refractivity contribution in [2.75, 3.05) is 26.8 Å². The molecule has 0 atom stereocenters. The van der Waals surface area contributed by atoms with Crippen molar-refractivity contribution in [2.24, 2.45) is 0 Å². The van der Waals surface area contributed by atoms with E-state index >= 15 is 0 Å². The van der Waals surface area contributed by atoms with Crippen molar-refractivity contribution in [1.29, 1.82) is 0 Å². The molecule has 18 heavy (non-hydrogen) atoms. The molecule has 0 bridgehead atoms. The summed E-state index contributed by atoms with van der Waals surface area (Å²) in [6, 6.07) is 0. The summed E-state index contributed by atoms with van der Waals surface area (Å²) in [5.74, 6) is -1.00. The molecule has 0 spiro atoms. The van der Waals surface area contributed by atoms with Crippen molar-refractivity contribution in [3.63, 3.8) is 0 Å². The highest BCUT2D eigenvalue weighted by Gasteiger charge is 2.48. The highest BCUT2D eigenvalue weighted by molar-refractivity contribution is 5.96. The van der Waals surface area contributed by atoms with Gasteiger partial charge < -0.3 is 9.47 Å². The molecule has 1 fully saturated rings. The second-order valence-corrected chi connectivity index (χ2v) is 4.37. The van der Waals surface area contributed by atoms with Crippen LogP contribution in [0, 0.1) is 0 Å². The van der Waals surface area contributed by atoms with E-state index in [2.05, 4.69) is 4.74 Å². The van der Waals surface area contributed by atoms with Crippen LogP contribution in [-0.4, -0.2) is 60.2 Å². The van der Waals surface area contributed by atoms with Gasteiger partial charge in [-0.25, -0.2) is 14.5 Å². The van der Waals surface area contributed by atoms with Gasteiger partial charge in [-0.3, -0.25) is 9.69 Å². The number of esters is 1. The highest BCUT2D eigenvalue weighted by atomic mass is 16.6. The number of amides is 2. The fourth-order valence-electron chi connectivity index (χ4n) is 1.94. The second kappa shape index (κ2) is 5.34. The number of hydrogen-bond acceptors (Lipinski definition) is 6. The molecule has 0 aromatic rings. The van der Waals surface area contributed by atoms with Gasteiger partial charge in [-0.15, -0.1) is 0 Å². The summed E-state index contributed by atoms with van der Waals surface area (Å²) in [6.45, 7) is 5.71. The van der Waals surface area contributed by atoms with Gasteiger partial charge in [-0.2, -0.15) is 0 Å². The average Bonchev–Trinajstić information content (AvgIpc) is 2.55. The van der Waals surface area contributed by atoms with E-state index in [1.54, 1.807) is 13.8 Å². The number of likely N-dealkylation sites (N-methyl/N-ethyl adjacent to an activating group) is 1. The molecule has 1 aliphatic rings. The lowest BCUT2D eigenvalue weighted by atomic mass is 10.2. The van der Waals surface area contributed by atoms with Crippen LogP contribution >= 0.6 is 0 Å². The van der Waals surface area contributed by atoms with E-state index in [0.29, 0.717) is 6.54 Å². The topological polar surface area (TPSA) is 76.2 Å². The minimum Gasteiger partial charge on any atom is -0.466 e. The summed E-state index contributed by atoms with van der Waals surface area (Å²) in [5, 5.41) is 0. The summed E-state index contributed by atoms with van der Waals surface area (Å²) < 4.78 is 9.10. The van der Waals surface area contributed by atoms with E-state index in [4.69, 9.17) is 4.74 Å². The smallest absolute Gasteiger partial charge is 0.418 e. The monoisotopic (exact) mass is 258 g/mol. The Hall–Kier alpha value is -1.63. The molecule has 1 rings (SSSR count). The van der Waals surface area contributed by atoms with Gasteiger partial charge in [0.25, 0.3) is 0 Å². The van der Waals surface area contributed by atoms with Crippen molar-refractivity contribution in [2.45, 2.75) is 26.4 Å². The van der Waals surface area contributed by atoms with Crippen LogP contribution < -0.4 is 0 Å². The molecule has 1 saturated heterocycles. The predicted octanol–water partition coefficient (Wildman–Crippen LogP) is 0.196. The molecule has 1 aliphatic heterocycles. The van der Waals surface area contributed by atoms with E-state index in [1.807, 2.05) is 11.8 Å². The first-order valence-electron chi connectivity index (χ1n) is 5.66.